The number of carbonyl (C=O) groups excluding carboxylic acids is 1. The number of rotatable bonds is 9. The van der Waals surface area contributed by atoms with Crippen LogP contribution >= 0.6 is 35.6 Å². The number of hydrogen-bond acceptors (Lipinski definition) is 7. The van der Waals surface area contributed by atoms with E-state index in [1.165, 1.54) is 11.1 Å². The number of nitrogens with one attached hydrogen (secondary N) is 2. The molecule has 1 saturated heterocycles. The molecule has 3 aliphatic carbocycles. The van der Waals surface area contributed by atoms with E-state index >= 15 is 0 Å². The Kier molecular flexibility index (Phi) is 8.09. The fourth-order valence-electron chi connectivity index (χ4n) is 6.95. The summed E-state index contributed by atoms with van der Waals surface area (Å²) in [5, 5.41) is 18.9. The summed E-state index contributed by atoms with van der Waals surface area (Å²) in [5.41, 5.74) is 8.56. The Hall–Kier alpha value is -3.10. The number of aromatic hydroxyl groups is 1. The molecule has 3 saturated carbocycles. The third-order valence-corrected chi connectivity index (χ3v) is 10.3. The molecular formula is C35H36Cl3N5O2. The van der Waals surface area contributed by atoms with Crippen LogP contribution in [-0.4, -0.2) is 47.5 Å². The average Bonchev–Trinajstić information content (AvgIpc) is 3.89. The van der Waals surface area contributed by atoms with E-state index in [4.69, 9.17) is 33.2 Å². The monoisotopic (exact) mass is 663 g/mol. The Balaban J connectivity index is 0.00000325. The van der Waals surface area contributed by atoms with Gasteiger partial charge >= 0.3 is 0 Å². The molecule has 3 N–H and O–H groups in total. The van der Waals surface area contributed by atoms with Crippen molar-refractivity contribution >= 4 is 70.0 Å². The van der Waals surface area contributed by atoms with E-state index in [1.54, 1.807) is 0 Å². The third-order valence-electron chi connectivity index (χ3n) is 9.74. The molecule has 1 aliphatic heterocycles. The van der Waals surface area contributed by atoms with Crippen LogP contribution in [0.5, 0.6) is 5.75 Å². The molecule has 4 aromatic rings. The Morgan fingerprint density at radius 1 is 0.978 bits per heavy atom. The molecule has 7 nitrogen and oxygen atoms in total. The Morgan fingerprint density at radius 2 is 1.69 bits per heavy atom. The van der Waals surface area contributed by atoms with Gasteiger partial charge in [-0.3, -0.25) is 9.78 Å². The van der Waals surface area contributed by atoms with Crippen molar-refractivity contribution in [2.75, 3.05) is 30.4 Å². The maximum absolute atomic E-state index is 12.9. The summed E-state index contributed by atoms with van der Waals surface area (Å²) in [5.74, 6) is 1.93. The first-order valence-corrected chi connectivity index (χ1v) is 16.5. The molecule has 4 fully saturated rings. The highest BCUT2D eigenvalue weighted by molar-refractivity contribution is 6.37. The Morgan fingerprint density at radius 3 is 2.27 bits per heavy atom. The van der Waals surface area contributed by atoms with Crippen molar-refractivity contribution in [2.45, 2.75) is 68.7 Å². The van der Waals surface area contributed by atoms with Gasteiger partial charge in [0.25, 0.3) is 0 Å². The molecule has 1 unspecified atom stereocenters. The third kappa shape index (κ3) is 5.62. The molecule has 2 aromatic carbocycles. The van der Waals surface area contributed by atoms with Crippen molar-refractivity contribution in [1.82, 2.24) is 15.3 Å². The summed E-state index contributed by atoms with van der Waals surface area (Å²) >= 11 is 13.0. The van der Waals surface area contributed by atoms with Gasteiger partial charge in [-0.05, 0) is 116 Å². The number of aromatic nitrogens is 2. The second-order valence-electron chi connectivity index (χ2n) is 12.9. The summed E-state index contributed by atoms with van der Waals surface area (Å²) < 4.78 is 0. The zero-order chi connectivity index (χ0) is 30.1. The number of likely N-dealkylation sites (N-methyl/N-ethyl adjacent to an activating group) is 1. The minimum absolute atomic E-state index is 0. The lowest BCUT2D eigenvalue weighted by molar-refractivity contribution is 0.112. The van der Waals surface area contributed by atoms with E-state index in [1.807, 2.05) is 25.4 Å². The minimum atomic E-state index is -0.105. The predicted molar refractivity (Wildman–Crippen MR) is 185 cm³/mol. The van der Waals surface area contributed by atoms with E-state index in [0.29, 0.717) is 29.4 Å². The number of hydrogen-bond donors (Lipinski definition) is 3. The predicted octanol–water partition coefficient (Wildman–Crippen LogP) is 8.72. The van der Waals surface area contributed by atoms with Crippen LogP contribution in [0.25, 0.3) is 22.0 Å². The van der Waals surface area contributed by atoms with Gasteiger partial charge in [0.2, 0.25) is 0 Å². The summed E-state index contributed by atoms with van der Waals surface area (Å²) in [6.45, 7) is 1.91. The molecule has 8 rings (SSSR count). The van der Waals surface area contributed by atoms with Crippen LogP contribution in [0, 0.1) is 0 Å². The number of anilines is 3. The van der Waals surface area contributed by atoms with Gasteiger partial charge in [-0.2, -0.15) is 0 Å². The van der Waals surface area contributed by atoms with Crippen LogP contribution in [0.15, 0.2) is 36.5 Å². The quantitative estimate of drug-likeness (QED) is 0.154. The molecule has 234 valence electrons. The topological polar surface area (TPSA) is 90.4 Å². The summed E-state index contributed by atoms with van der Waals surface area (Å²) in [6, 6.07) is 10.5. The Bertz CT molecular complexity index is 1780. The zero-order valence-corrected chi connectivity index (χ0v) is 27.4. The Labute approximate surface area is 279 Å². The van der Waals surface area contributed by atoms with Crippen LogP contribution in [0.4, 0.5) is 17.2 Å². The van der Waals surface area contributed by atoms with Crippen LogP contribution in [0.1, 0.15) is 89.9 Å². The van der Waals surface area contributed by atoms with Crippen molar-refractivity contribution in [1.29, 1.82) is 0 Å². The molecule has 0 amide bonds. The number of benzene rings is 2. The first-order valence-electron chi connectivity index (χ1n) is 15.8. The molecule has 4 aliphatic rings. The number of phenols is 1. The number of phenolic OH excluding ortho intramolecular Hbond substituents is 1. The van der Waals surface area contributed by atoms with Crippen molar-refractivity contribution in [3.8, 4) is 16.9 Å². The lowest BCUT2D eigenvalue weighted by Crippen LogP contribution is -2.29. The number of carbonyl (C=O) groups is 1. The smallest absolute Gasteiger partial charge is 0.154 e. The maximum Gasteiger partial charge on any atom is 0.154 e. The van der Waals surface area contributed by atoms with Gasteiger partial charge in [-0.1, -0.05) is 23.2 Å². The first-order chi connectivity index (χ1) is 21.4. The van der Waals surface area contributed by atoms with Crippen LogP contribution in [-0.2, 0) is 0 Å². The minimum Gasteiger partial charge on any atom is -0.505 e. The van der Waals surface area contributed by atoms with Gasteiger partial charge in [0, 0.05) is 30.4 Å². The largest absolute Gasteiger partial charge is 0.505 e. The van der Waals surface area contributed by atoms with Crippen LogP contribution in [0.2, 0.25) is 10.0 Å². The first kappa shape index (κ1) is 30.5. The fourth-order valence-corrected chi connectivity index (χ4v) is 7.44. The number of nitrogens with zero attached hydrogens (tertiary/aromatic N) is 3. The number of halogens is 3. The van der Waals surface area contributed by atoms with Gasteiger partial charge < -0.3 is 20.6 Å². The summed E-state index contributed by atoms with van der Waals surface area (Å²) in [7, 11) is 2.01. The molecule has 3 heterocycles. The molecule has 0 spiro atoms. The molecule has 10 heteroatoms. The summed E-state index contributed by atoms with van der Waals surface area (Å²) in [6.07, 6.45) is 10.4. The lowest BCUT2D eigenvalue weighted by Gasteiger charge is -2.23. The standard InChI is InChI=1S/C35H35Cl2N5O2.ClH/c1-38-23-10-11-42(16-23)29-9-8-22(15-39-29)40-34-25(17-43)33(20-6-7-20)41-28-14-24(18-2-3-18)30(31(32(28)34)19-4-5-19)21-12-26(36)35(44)27(37)13-21;/h8-9,12-15,17-20,23,38,44H,2-7,10-11,16H2,1H3,(H,40,41);1H. The van der Waals surface area contributed by atoms with Crippen molar-refractivity contribution < 1.29 is 9.90 Å². The number of aldehydes is 1. The van der Waals surface area contributed by atoms with Gasteiger partial charge in [-0.15, -0.1) is 12.4 Å². The highest BCUT2D eigenvalue weighted by atomic mass is 35.5. The highest BCUT2D eigenvalue weighted by Gasteiger charge is 2.38. The molecule has 0 bridgehead atoms. The molecule has 0 radical (unpaired) electrons. The van der Waals surface area contributed by atoms with Gasteiger partial charge in [0.05, 0.1) is 44.4 Å². The maximum atomic E-state index is 12.9. The fraction of sp³-hybridized carbons (Fsp3) is 0.400. The van der Waals surface area contributed by atoms with Crippen LogP contribution < -0.4 is 15.5 Å². The van der Waals surface area contributed by atoms with Crippen LogP contribution in [0.3, 0.4) is 0 Å². The second-order valence-corrected chi connectivity index (χ2v) is 13.7. The highest BCUT2D eigenvalue weighted by Crippen LogP contribution is 2.56. The molecule has 45 heavy (non-hydrogen) atoms. The van der Waals surface area contributed by atoms with Crippen molar-refractivity contribution in [2.24, 2.45) is 0 Å². The van der Waals surface area contributed by atoms with Crippen molar-refractivity contribution in [3.05, 3.63) is 69.0 Å². The molecular weight excluding hydrogens is 629 g/mol. The lowest BCUT2D eigenvalue weighted by atomic mass is 9.85. The molecule has 1 atom stereocenters. The number of fused-ring (bicyclic) bond motifs is 1. The second kappa shape index (κ2) is 11.9. The summed E-state index contributed by atoms with van der Waals surface area (Å²) in [4.78, 5) is 25.2. The zero-order valence-electron chi connectivity index (χ0n) is 25.1. The van der Waals surface area contributed by atoms with E-state index < -0.39 is 0 Å². The average molecular weight is 665 g/mol. The van der Waals surface area contributed by atoms with E-state index in [9.17, 15) is 9.90 Å². The van der Waals surface area contributed by atoms with E-state index in [0.717, 1.165) is 109 Å². The normalized spacial score (nSPS) is 19.5. The van der Waals surface area contributed by atoms with E-state index in [2.05, 4.69) is 33.7 Å². The van der Waals surface area contributed by atoms with E-state index in [-0.39, 0.29) is 28.2 Å². The van der Waals surface area contributed by atoms with Gasteiger partial charge in [-0.25, -0.2) is 4.98 Å². The van der Waals surface area contributed by atoms with Gasteiger partial charge in [0.15, 0.2) is 12.0 Å². The number of pyridine rings is 2. The van der Waals surface area contributed by atoms with Crippen molar-refractivity contribution in [3.63, 3.8) is 0 Å². The molecule has 2 aromatic heterocycles. The SMILES string of the molecule is CNC1CCN(c2ccc(Nc3c(C=O)c(C4CC4)nc4cc(C5CC5)c(-c5cc(Cl)c(O)c(Cl)c5)c(C5CC5)c34)cn2)C1.Cl. The van der Waals surface area contributed by atoms with Gasteiger partial charge in [0.1, 0.15) is 5.82 Å².